The van der Waals surface area contributed by atoms with Gasteiger partial charge in [-0.05, 0) is 49.1 Å². The Morgan fingerprint density at radius 2 is 1.81 bits per heavy atom. The summed E-state index contributed by atoms with van der Waals surface area (Å²) >= 11 is 6.13. The van der Waals surface area contributed by atoms with Gasteiger partial charge in [0.05, 0.1) is 5.02 Å². The molecule has 2 aromatic rings. The van der Waals surface area contributed by atoms with E-state index in [0.29, 0.717) is 17.2 Å². The number of hydrogen-bond donors (Lipinski definition) is 1. The molecule has 1 aliphatic rings. The second kappa shape index (κ2) is 11.9. The van der Waals surface area contributed by atoms with Crippen molar-refractivity contribution in [3.8, 4) is 5.75 Å². The van der Waals surface area contributed by atoms with E-state index in [1.807, 2.05) is 6.92 Å². The minimum atomic E-state index is -0.649. The van der Waals surface area contributed by atoms with Crippen LogP contribution in [-0.2, 0) is 16.1 Å². The number of nitrogens with zero attached hydrogens (tertiary/aromatic N) is 1. The quantitative estimate of drug-likeness (QED) is 0.565. The first kappa shape index (κ1) is 24.1. The summed E-state index contributed by atoms with van der Waals surface area (Å²) in [5, 5.41) is 3.54. The summed E-state index contributed by atoms with van der Waals surface area (Å²) in [6, 6.07) is 12.4. The number of carbonyl (C=O) groups excluding carboxylic acids is 2. The number of carbonyl (C=O) groups is 2. The lowest BCUT2D eigenvalue weighted by Crippen LogP contribution is -2.52. The summed E-state index contributed by atoms with van der Waals surface area (Å²) in [7, 11) is 0. The topological polar surface area (TPSA) is 58.6 Å². The summed E-state index contributed by atoms with van der Waals surface area (Å²) in [5.74, 6) is -0.438. The van der Waals surface area contributed by atoms with Crippen molar-refractivity contribution in [2.75, 3.05) is 6.61 Å². The molecular formula is C25H30ClFN2O3. The van der Waals surface area contributed by atoms with E-state index in [1.165, 1.54) is 23.5 Å². The molecule has 172 valence electrons. The van der Waals surface area contributed by atoms with Crippen molar-refractivity contribution in [2.24, 2.45) is 0 Å². The van der Waals surface area contributed by atoms with Gasteiger partial charge in [-0.25, -0.2) is 4.39 Å². The minimum Gasteiger partial charge on any atom is -0.482 e. The van der Waals surface area contributed by atoms with Crippen LogP contribution < -0.4 is 10.1 Å². The van der Waals surface area contributed by atoms with Crippen molar-refractivity contribution in [1.29, 1.82) is 0 Å². The Bertz CT molecular complexity index is 900. The highest BCUT2D eigenvalue weighted by Crippen LogP contribution is 2.24. The van der Waals surface area contributed by atoms with Gasteiger partial charge in [0.2, 0.25) is 5.91 Å². The first-order valence-electron chi connectivity index (χ1n) is 11.2. The predicted molar refractivity (Wildman–Crippen MR) is 123 cm³/mol. The van der Waals surface area contributed by atoms with Gasteiger partial charge in [-0.2, -0.15) is 0 Å². The maximum absolute atomic E-state index is 13.4. The predicted octanol–water partition coefficient (Wildman–Crippen LogP) is 5.11. The van der Waals surface area contributed by atoms with E-state index in [1.54, 1.807) is 36.4 Å². The van der Waals surface area contributed by atoms with E-state index < -0.39 is 6.04 Å². The van der Waals surface area contributed by atoms with Gasteiger partial charge in [0, 0.05) is 12.6 Å². The Balaban J connectivity index is 1.75. The molecule has 0 aromatic heterocycles. The smallest absolute Gasteiger partial charge is 0.261 e. The van der Waals surface area contributed by atoms with Crippen molar-refractivity contribution in [3.63, 3.8) is 0 Å². The number of halogens is 2. The molecule has 1 N–H and O–H groups in total. The molecule has 0 heterocycles. The lowest BCUT2D eigenvalue weighted by molar-refractivity contribution is -0.143. The van der Waals surface area contributed by atoms with E-state index >= 15 is 0 Å². The molecule has 1 atom stereocenters. The molecule has 5 nitrogen and oxygen atoms in total. The van der Waals surface area contributed by atoms with E-state index in [9.17, 15) is 14.0 Å². The summed E-state index contributed by atoms with van der Waals surface area (Å²) in [6.45, 7) is 1.81. The molecule has 0 unspecified atom stereocenters. The SMILES string of the molecule is CC[C@@H](C(=O)NC1CCCCC1)N(Cc1ccc(F)cc1)C(=O)COc1ccccc1Cl. The lowest BCUT2D eigenvalue weighted by Gasteiger charge is -2.32. The number of benzene rings is 2. The Morgan fingerprint density at radius 3 is 2.47 bits per heavy atom. The molecule has 32 heavy (non-hydrogen) atoms. The Labute approximate surface area is 193 Å². The van der Waals surface area contributed by atoms with Gasteiger partial charge >= 0.3 is 0 Å². The van der Waals surface area contributed by atoms with Crippen LogP contribution >= 0.6 is 11.6 Å². The molecule has 0 spiro atoms. The van der Waals surface area contributed by atoms with E-state index in [-0.39, 0.29) is 36.8 Å². The summed E-state index contributed by atoms with van der Waals surface area (Å²) in [5.41, 5.74) is 0.737. The number of amides is 2. The fourth-order valence-electron chi connectivity index (χ4n) is 4.03. The number of nitrogens with one attached hydrogen (secondary N) is 1. The van der Waals surface area contributed by atoms with E-state index in [2.05, 4.69) is 5.32 Å². The first-order chi connectivity index (χ1) is 15.5. The molecule has 0 saturated heterocycles. The zero-order valence-corrected chi connectivity index (χ0v) is 19.1. The van der Waals surface area contributed by atoms with Crippen LogP contribution in [0.5, 0.6) is 5.75 Å². The second-order valence-corrected chi connectivity index (χ2v) is 8.54. The van der Waals surface area contributed by atoms with E-state index in [4.69, 9.17) is 16.3 Å². The zero-order valence-electron chi connectivity index (χ0n) is 18.4. The Kier molecular flexibility index (Phi) is 8.91. The summed E-state index contributed by atoms with van der Waals surface area (Å²) in [6.07, 6.45) is 5.78. The lowest BCUT2D eigenvalue weighted by atomic mass is 9.95. The highest BCUT2D eigenvalue weighted by atomic mass is 35.5. The fraction of sp³-hybridized carbons (Fsp3) is 0.440. The number of rotatable bonds is 9. The minimum absolute atomic E-state index is 0.146. The largest absolute Gasteiger partial charge is 0.482 e. The molecular weight excluding hydrogens is 431 g/mol. The molecule has 1 saturated carbocycles. The molecule has 0 radical (unpaired) electrons. The molecule has 1 aliphatic carbocycles. The van der Waals surface area contributed by atoms with Gasteiger partial charge in [-0.1, -0.05) is 62.1 Å². The third-order valence-corrected chi connectivity index (χ3v) is 6.10. The van der Waals surface area contributed by atoms with Crippen molar-refractivity contribution < 1.29 is 18.7 Å². The summed E-state index contributed by atoms with van der Waals surface area (Å²) in [4.78, 5) is 27.9. The summed E-state index contributed by atoms with van der Waals surface area (Å²) < 4.78 is 19.0. The van der Waals surface area contributed by atoms with Gasteiger partial charge in [-0.3, -0.25) is 9.59 Å². The molecule has 2 aromatic carbocycles. The van der Waals surface area contributed by atoms with Crippen LogP contribution in [0.3, 0.4) is 0 Å². The van der Waals surface area contributed by atoms with E-state index in [0.717, 1.165) is 31.2 Å². The molecule has 3 rings (SSSR count). The monoisotopic (exact) mass is 460 g/mol. The molecule has 0 aliphatic heterocycles. The maximum atomic E-state index is 13.4. The van der Waals surface area contributed by atoms with Crippen LogP contribution in [0, 0.1) is 5.82 Å². The highest BCUT2D eigenvalue weighted by Gasteiger charge is 2.30. The van der Waals surface area contributed by atoms with Crippen LogP contribution in [0.1, 0.15) is 51.0 Å². The van der Waals surface area contributed by atoms with Crippen LogP contribution in [-0.4, -0.2) is 35.4 Å². The average molecular weight is 461 g/mol. The molecule has 0 bridgehead atoms. The fourth-order valence-corrected chi connectivity index (χ4v) is 4.22. The van der Waals surface area contributed by atoms with Crippen molar-refractivity contribution in [1.82, 2.24) is 10.2 Å². The molecule has 7 heteroatoms. The van der Waals surface area contributed by atoms with Gasteiger partial charge in [0.1, 0.15) is 17.6 Å². The Hall–Kier alpha value is -2.60. The van der Waals surface area contributed by atoms with Crippen LogP contribution in [0.15, 0.2) is 48.5 Å². The normalized spacial score (nSPS) is 15.1. The standard InChI is InChI=1S/C25H30ClFN2O3/c1-2-22(25(31)28-20-8-4-3-5-9-20)29(16-18-12-14-19(27)15-13-18)24(30)17-32-23-11-7-6-10-21(23)26/h6-7,10-15,20,22H,2-5,8-9,16-17H2,1H3,(H,28,31)/t22-/m0/s1. The highest BCUT2D eigenvalue weighted by molar-refractivity contribution is 6.32. The van der Waals surface area contributed by atoms with Gasteiger partial charge in [0.15, 0.2) is 6.61 Å². The number of hydrogen-bond acceptors (Lipinski definition) is 3. The Morgan fingerprint density at radius 1 is 1.12 bits per heavy atom. The third-order valence-electron chi connectivity index (χ3n) is 5.79. The van der Waals surface area contributed by atoms with Crippen LogP contribution in [0.25, 0.3) is 0 Å². The van der Waals surface area contributed by atoms with Gasteiger partial charge in [0.25, 0.3) is 5.91 Å². The molecule has 1 fully saturated rings. The maximum Gasteiger partial charge on any atom is 0.261 e. The third kappa shape index (κ3) is 6.70. The number of para-hydroxylation sites is 1. The second-order valence-electron chi connectivity index (χ2n) is 8.13. The number of ether oxygens (including phenoxy) is 1. The van der Waals surface area contributed by atoms with Crippen molar-refractivity contribution in [2.45, 2.75) is 64.1 Å². The van der Waals surface area contributed by atoms with Crippen molar-refractivity contribution in [3.05, 3.63) is 64.9 Å². The average Bonchev–Trinajstić information content (AvgIpc) is 2.80. The van der Waals surface area contributed by atoms with Crippen LogP contribution in [0.2, 0.25) is 5.02 Å². The molecule has 2 amide bonds. The van der Waals surface area contributed by atoms with Crippen molar-refractivity contribution >= 4 is 23.4 Å². The van der Waals surface area contributed by atoms with Crippen LogP contribution in [0.4, 0.5) is 4.39 Å². The zero-order chi connectivity index (χ0) is 22.9. The van der Waals surface area contributed by atoms with Gasteiger partial charge < -0.3 is 15.0 Å². The first-order valence-corrected chi connectivity index (χ1v) is 11.6. The van der Waals surface area contributed by atoms with Gasteiger partial charge in [-0.15, -0.1) is 0 Å².